The lowest BCUT2D eigenvalue weighted by atomic mass is 10.2. The highest BCUT2D eigenvalue weighted by Gasteiger charge is 2.20. The zero-order chi connectivity index (χ0) is 19.6. The zero-order valence-electron chi connectivity index (χ0n) is 14.0. The first-order chi connectivity index (χ1) is 12.9. The number of hydrogen-bond donors (Lipinski definition) is 1. The van der Waals surface area contributed by atoms with Gasteiger partial charge in [0.25, 0.3) is 11.2 Å². The maximum Gasteiger partial charge on any atom is 0.289 e. The van der Waals surface area contributed by atoms with Crippen molar-refractivity contribution >= 4 is 40.2 Å². The van der Waals surface area contributed by atoms with Gasteiger partial charge in [0, 0.05) is 17.8 Å². The summed E-state index contributed by atoms with van der Waals surface area (Å²) >= 11 is 7.23. The predicted octanol–water partition coefficient (Wildman–Crippen LogP) is 3.73. The molecule has 3 rings (SSSR count). The Morgan fingerprint density at radius 1 is 1.33 bits per heavy atom. The quantitative estimate of drug-likeness (QED) is 0.515. The summed E-state index contributed by atoms with van der Waals surface area (Å²) in [5.41, 5.74) is 0.0222. The van der Waals surface area contributed by atoms with Crippen LogP contribution in [0.3, 0.4) is 0 Å². The Hall–Kier alpha value is -3.04. The molecule has 0 radical (unpaired) electrons. The van der Waals surface area contributed by atoms with Crippen LogP contribution in [0.5, 0.6) is 0 Å². The predicted molar refractivity (Wildman–Crippen MR) is 103 cm³/mol. The van der Waals surface area contributed by atoms with Crippen LogP contribution in [0.15, 0.2) is 52.6 Å². The largest absolute Gasteiger partial charge is 0.324 e. The maximum absolute atomic E-state index is 12.5. The summed E-state index contributed by atoms with van der Waals surface area (Å²) in [7, 11) is 0. The van der Waals surface area contributed by atoms with E-state index in [0.29, 0.717) is 5.69 Å². The number of nitrogens with one attached hydrogen (secondary N) is 1. The molecule has 2 aromatic heterocycles. The van der Waals surface area contributed by atoms with Crippen LogP contribution < -0.4 is 10.9 Å². The summed E-state index contributed by atoms with van der Waals surface area (Å²) in [5, 5.41) is 19.6. The number of carbonyl (C=O) groups excluding carboxylic acids is 1. The van der Waals surface area contributed by atoms with E-state index in [9.17, 15) is 19.7 Å². The van der Waals surface area contributed by atoms with Gasteiger partial charge in [-0.1, -0.05) is 17.7 Å². The minimum absolute atomic E-state index is 0.0346. The van der Waals surface area contributed by atoms with Crippen LogP contribution in [0.25, 0.3) is 10.6 Å². The van der Waals surface area contributed by atoms with Gasteiger partial charge in [-0.05, 0) is 36.6 Å². The van der Waals surface area contributed by atoms with Crippen molar-refractivity contribution in [2.75, 3.05) is 5.32 Å². The van der Waals surface area contributed by atoms with Crippen molar-refractivity contribution < 1.29 is 9.72 Å². The third kappa shape index (κ3) is 4.04. The van der Waals surface area contributed by atoms with Crippen molar-refractivity contribution in [3.63, 3.8) is 0 Å². The van der Waals surface area contributed by atoms with Crippen molar-refractivity contribution in [3.05, 3.63) is 73.3 Å². The smallest absolute Gasteiger partial charge is 0.289 e. The maximum atomic E-state index is 12.5. The van der Waals surface area contributed by atoms with Gasteiger partial charge in [-0.25, -0.2) is 4.68 Å². The molecule has 0 aliphatic heterocycles. The second-order valence-corrected chi connectivity index (χ2v) is 6.92. The molecule has 8 nitrogen and oxygen atoms in total. The summed E-state index contributed by atoms with van der Waals surface area (Å²) in [5.74, 6) is -0.537. The molecule has 1 atom stereocenters. The molecule has 27 heavy (non-hydrogen) atoms. The van der Waals surface area contributed by atoms with Crippen molar-refractivity contribution in [1.82, 2.24) is 9.78 Å². The van der Waals surface area contributed by atoms with E-state index in [1.807, 2.05) is 17.5 Å². The average Bonchev–Trinajstić information content (AvgIpc) is 3.17. The topological polar surface area (TPSA) is 107 Å². The molecule has 1 N–H and O–H groups in total. The van der Waals surface area contributed by atoms with E-state index in [1.165, 1.54) is 36.5 Å². The molecule has 0 saturated heterocycles. The van der Waals surface area contributed by atoms with E-state index in [-0.39, 0.29) is 16.4 Å². The van der Waals surface area contributed by atoms with Crippen molar-refractivity contribution in [3.8, 4) is 10.6 Å². The van der Waals surface area contributed by atoms with Gasteiger partial charge in [-0.15, -0.1) is 11.3 Å². The SMILES string of the molecule is CC(C(=O)Nc1ccc(Cl)c([N+](=O)[O-])c1)n1nc(-c2cccs2)ccc1=O. The normalized spacial score (nSPS) is 11.8. The number of hydrogen-bond acceptors (Lipinski definition) is 6. The fourth-order valence-electron chi connectivity index (χ4n) is 2.35. The minimum atomic E-state index is -0.924. The number of carbonyl (C=O) groups is 1. The number of anilines is 1. The molecule has 3 aromatic rings. The molecule has 0 saturated carbocycles. The zero-order valence-corrected chi connectivity index (χ0v) is 15.5. The standard InChI is InChI=1S/C17H13ClN4O4S/c1-10(17(24)19-11-4-5-12(18)14(9-11)22(25)26)21-16(23)7-6-13(20-21)15-3-2-8-27-15/h2-10H,1H3,(H,19,24). The van der Waals surface area contributed by atoms with Gasteiger partial charge in [0.2, 0.25) is 5.91 Å². The Bertz CT molecular complexity index is 1070. The third-order valence-corrected chi connectivity index (χ3v) is 4.97. The molecule has 0 spiro atoms. The second kappa shape index (κ2) is 7.68. The van der Waals surface area contributed by atoms with Crippen LogP contribution >= 0.6 is 22.9 Å². The lowest BCUT2D eigenvalue weighted by molar-refractivity contribution is -0.384. The van der Waals surface area contributed by atoms with Crippen molar-refractivity contribution in [1.29, 1.82) is 0 Å². The lowest BCUT2D eigenvalue weighted by Crippen LogP contribution is -2.33. The number of nitro groups is 1. The van der Waals surface area contributed by atoms with E-state index < -0.39 is 22.4 Å². The number of rotatable bonds is 5. The average molecular weight is 405 g/mol. The molecule has 2 heterocycles. The number of aromatic nitrogens is 2. The Morgan fingerprint density at radius 3 is 2.78 bits per heavy atom. The fourth-order valence-corrected chi connectivity index (χ4v) is 3.22. The Balaban J connectivity index is 1.86. The van der Waals surface area contributed by atoms with E-state index in [2.05, 4.69) is 10.4 Å². The Labute approximate surface area is 162 Å². The molecule has 0 bridgehead atoms. The molecule has 1 amide bonds. The molecule has 138 valence electrons. The summed E-state index contributed by atoms with van der Waals surface area (Å²) in [6, 6.07) is 9.66. The summed E-state index contributed by atoms with van der Waals surface area (Å²) in [6.07, 6.45) is 0. The van der Waals surface area contributed by atoms with Gasteiger partial charge < -0.3 is 5.32 Å². The monoisotopic (exact) mass is 404 g/mol. The molecule has 1 unspecified atom stereocenters. The van der Waals surface area contributed by atoms with Gasteiger partial charge in [-0.3, -0.25) is 19.7 Å². The number of amides is 1. The van der Waals surface area contributed by atoms with Gasteiger partial charge in [0.15, 0.2) is 0 Å². The molecule has 1 aromatic carbocycles. The second-order valence-electron chi connectivity index (χ2n) is 5.57. The van der Waals surface area contributed by atoms with Crippen LogP contribution in [0, 0.1) is 10.1 Å². The number of thiophene rings is 1. The highest BCUT2D eigenvalue weighted by atomic mass is 35.5. The van der Waals surface area contributed by atoms with E-state index in [1.54, 1.807) is 6.07 Å². The molecule has 0 fully saturated rings. The van der Waals surface area contributed by atoms with Crippen molar-refractivity contribution in [2.24, 2.45) is 0 Å². The van der Waals surface area contributed by atoms with E-state index >= 15 is 0 Å². The number of nitro benzene ring substituents is 1. The summed E-state index contributed by atoms with van der Waals surface area (Å²) in [4.78, 5) is 35.9. The molecule has 0 aliphatic carbocycles. The van der Waals surface area contributed by atoms with Crippen LogP contribution in [0.4, 0.5) is 11.4 Å². The minimum Gasteiger partial charge on any atom is -0.324 e. The highest BCUT2D eigenvalue weighted by molar-refractivity contribution is 7.13. The molecule has 10 heteroatoms. The van der Waals surface area contributed by atoms with Gasteiger partial charge in [0.1, 0.15) is 16.8 Å². The Kier molecular flexibility index (Phi) is 5.33. The van der Waals surface area contributed by atoms with Crippen LogP contribution in [-0.4, -0.2) is 20.6 Å². The van der Waals surface area contributed by atoms with Gasteiger partial charge in [0.05, 0.1) is 9.80 Å². The number of benzene rings is 1. The van der Waals surface area contributed by atoms with Crippen LogP contribution in [0.2, 0.25) is 5.02 Å². The molecule has 0 aliphatic rings. The first kappa shape index (κ1) is 18.7. The fraction of sp³-hybridized carbons (Fsp3) is 0.118. The van der Waals surface area contributed by atoms with Gasteiger partial charge in [-0.2, -0.15) is 5.10 Å². The van der Waals surface area contributed by atoms with Crippen molar-refractivity contribution in [2.45, 2.75) is 13.0 Å². The Morgan fingerprint density at radius 2 is 2.11 bits per heavy atom. The lowest BCUT2D eigenvalue weighted by Gasteiger charge is -2.14. The first-order valence-corrected chi connectivity index (χ1v) is 9.01. The van der Waals surface area contributed by atoms with Gasteiger partial charge >= 0.3 is 0 Å². The summed E-state index contributed by atoms with van der Waals surface area (Å²) < 4.78 is 1.08. The van der Waals surface area contributed by atoms with Crippen LogP contribution in [0.1, 0.15) is 13.0 Å². The highest BCUT2D eigenvalue weighted by Crippen LogP contribution is 2.28. The molecular weight excluding hydrogens is 392 g/mol. The van der Waals surface area contributed by atoms with Crippen LogP contribution in [-0.2, 0) is 4.79 Å². The van der Waals surface area contributed by atoms with E-state index in [4.69, 9.17) is 11.6 Å². The number of nitrogens with zero attached hydrogens (tertiary/aromatic N) is 3. The summed E-state index contributed by atoms with van der Waals surface area (Å²) in [6.45, 7) is 1.52. The first-order valence-electron chi connectivity index (χ1n) is 7.75. The third-order valence-electron chi connectivity index (χ3n) is 3.76. The van der Waals surface area contributed by atoms with E-state index in [0.717, 1.165) is 15.6 Å². The number of halogens is 1. The molecular formula is C17H13ClN4O4S.